The monoisotopic (exact) mass is 258 g/mol. The summed E-state index contributed by atoms with van der Waals surface area (Å²) in [7, 11) is 0. The van der Waals surface area contributed by atoms with Gasteiger partial charge in [0.1, 0.15) is 0 Å². The van der Waals surface area contributed by atoms with Gasteiger partial charge >= 0.3 is 0 Å². The molecule has 1 aromatic carbocycles. The normalized spacial score (nSPS) is 11.9. The summed E-state index contributed by atoms with van der Waals surface area (Å²) in [6.45, 7) is 5.94. The fourth-order valence-electron chi connectivity index (χ4n) is 2.09. The van der Waals surface area contributed by atoms with Gasteiger partial charge in [0, 0.05) is 14.5 Å². The molecule has 2 aromatic rings. The molecule has 0 atom stereocenters. The van der Waals surface area contributed by atoms with Crippen LogP contribution in [0.1, 0.15) is 15.3 Å². The maximum absolute atomic E-state index is 5.77. The molecule has 1 N–H and O–H groups in total. The largest absolute Gasteiger partial charge is 0.450 e. The van der Waals surface area contributed by atoms with Crippen LogP contribution < -0.4 is 15.0 Å². The van der Waals surface area contributed by atoms with Crippen LogP contribution in [0.2, 0.25) is 0 Å². The highest BCUT2D eigenvalue weighted by Gasteiger charge is 2.19. The zero-order valence-corrected chi connectivity index (χ0v) is 11.1. The summed E-state index contributed by atoms with van der Waals surface area (Å²) in [5.41, 5.74) is 0.930. The number of rotatable bonds is 3. The lowest BCUT2D eigenvalue weighted by molar-refractivity contribution is 0.475. The van der Waals surface area contributed by atoms with E-state index in [1.165, 1.54) is 0 Å². The highest BCUT2D eigenvalue weighted by Crippen LogP contribution is 2.40. The lowest BCUT2D eigenvalue weighted by Crippen LogP contribution is -2.24. The van der Waals surface area contributed by atoms with E-state index in [9.17, 15) is 0 Å². The van der Waals surface area contributed by atoms with Crippen LogP contribution in [-0.2, 0) is 0 Å². The predicted molar refractivity (Wildman–Crippen MR) is 77.5 cm³/mol. The molecule has 0 saturated carbocycles. The van der Waals surface area contributed by atoms with Gasteiger partial charge in [-0.25, -0.2) is 4.98 Å². The smallest absolute Gasteiger partial charge is 0.227 e. The van der Waals surface area contributed by atoms with E-state index in [2.05, 4.69) is 34.0 Å². The van der Waals surface area contributed by atoms with Crippen LogP contribution >= 0.6 is 0 Å². The molecule has 5 heteroatoms. The first-order valence-electron chi connectivity index (χ1n) is 6.47. The number of anilines is 3. The lowest BCUT2D eigenvalue weighted by Gasteiger charge is -2.23. The summed E-state index contributed by atoms with van der Waals surface area (Å²) in [6, 6.07) is 7.80. The number of nitrogens with one attached hydrogen (secondary N) is 1. The van der Waals surface area contributed by atoms with Crippen molar-refractivity contribution >= 4 is 17.5 Å². The third-order valence-electron chi connectivity index (χ3n) is 3.15. The van der Waals surface area contributed by atoms with E-state index < -0.39 is 0 Å². The van der Waals surface area contributed by atoms with Crippen molar-refractivity contribution in [1.82, 2.24) is 9.97 Å². The van der Waals surface area contributed by atoms with Crippen LogP contribution in [-0.4, -0.2) is 23.1 Å². The fourth-order valence-corrected chi connectivity index (χ4v) is 2.09. The molecule has 1 aromatic heterocycles. The van der Waals surface area contributed by atoms with E-state index in [0.29, 0.717) is 5.75 Å². The Kier molecular flexibility index (Phi) is 2.95. The van der Waals surface area contributed by atoms with Gasteiger partial charge in [-0.05, 0) is 26.0 Å². The third kappa shape index (κ3) is 2.07. The number of para-hydroxylation sites is 2. The van der Waals surface area contributed by atoms with Gasteiger partial charge in [0.05, 0.1) is 11.9 Å². The number of ether oxygens (including phenoxy) is 1. The summed E-state index contributed by atoms with van der Waals surface area (Å²) in [6.07, 6.45) is 1.72. The minimum Gasteiger partial charge on any atom is -0.450 e. The van der Waals surface area contributed by atoms with E-state index in [1.807, 2.05) is 24.3 Å². The van der Waals surface area contributed by atoms with Crippen LogP contribution in [0.3, 0.4) is 0 Å². The number of nitrogens with zero attached hydrogens (tertiary/aromatic N) is 3. The number of hydrogen-bond acceptors (Lipinski definition) is 5. The molecule has 3 rings (SSSR count). The maximum Gasteiger partial charge on any atom is 0.227 e. The van der Waals surface area contributed by atoms with Gasteiger partial charge < -0.3 is 15.0 Å². The zero-order valence-electron chi connectivity index (χ0n) is 11.1. The summed E-state index contributed by atoms with van der Waals surface area (Å²) < 4.78 is 5.77. The van der Waals surface area contributed by atoms with Gasteiger partial charge in [0.2, 0.25) is 5.95 Å². The molecule has 1 aliphatic heterocycles. The number of aromatic nitrogens is 2. The highest BCUT2D eigenvalue weighted by molar-refractivity contribution is 5.72. The average Bonchev–Trinajstić information content (AvgIpc) is 2.46. The Morgan fingerprint density at radius 1 is 1.21 bits per heavy atom. The molecule has 0 bridgehead atoms. The van der Waals surface area contributed by atoms with Crippen LogP contribution in [0, 0.1) is 0 Å². The van der Waals surface area contributed by atoms with Crippen molar-refractivity contribution in [3.63, 3.8) is 0 Å². The molecule has 100 valence electrons. The van der Waals surface area contributed by atoms with Crippen molar-refractivity contribution < 1.29 is 6.16 Å². The average molecular weight is 258 g/mol. The Morgan fingerprint density at radius 2 is 2.00 bits per heavy atom. The molecular weight excluding hydrogens is 240 g/mol. The lowest BCUT2D eigenvalue weighted by atomic mass is 10.2. The van der Waals surface area contributed by atoms with E-state index in [1.54, 1.807) is 6.20 Å². The van der Waals surface area contributed by atoms with Crippen molar-refractivity contribution in [1.29, 1.82) is 0 Å². The van der Waals surface area contributed by atoms with Crippen molar-refractivity contribution in [3.05, 3.63) is 30.5 Å². The molecule has 0 saturated heterocycles. The molecule has 1 aliphatic rings. The van der Waals surface area contributed by atoms with Crippen molar-refractivity contribution in [2.75, 3.05) is 23.3 Å². The summed E-state index contributed by atoms with van der Waals surface area (Å²) in [4.78, 5) is 11.0. The topological polar surface area (TPSA) is 50.3 Å². The van der Waals surface area contributed by atoms with E-state index in [4.69, 9.17) is 4.74 Å². The van der Waals surface area contributed by atoms with Crippen LogP contribution in [0.15, 0.2) is 30.5 Å². The van der Waals surface area contributed by atoms with E-state index in [0.717, 1.165) is 36.3 Å². The molecule has 5 nitrogen and oxygen atoms in total. The highest BCUT2D eigenvalue weighted by atomic mass is 16.5. The zero-order chi connectivity index (χ0) is 13.2. The van der Waals surface area contributed by atoms with Gasteiger partial charge in [-0.1, -0.05) is 12.1 Å². The molecule has 0 aliphatic carbocycles. The third-order valence-corrected chi connectivity index (χ3v) is 3.15. The summed E-state index contributed by atoms with van der Waals surface area (Å²) in [5.74, 6) is 2.90. The molecule has 0 amide bonds. The number of hydrogen-bond donors (Lipinski definition) is 1. The molecule has 2 heterocycles. The Bertz CT molecular complexity index is 601. The number of fused-ring (bicyclic) bond motifs is 2. The van der Waals surface area contributed by atoms with Crippen LogP contribution in [0.25, 0.3) is 0 Å². The molecular formula is C14H18N4O. The number of benzene rings is 1. The van der Waals surface area contributed by atoms with Crippen LogP contribution in [0.4, 0.5) is 17.5 Å². The Balaban J connectivity index is 0.00000147. The SMILES string of the molecule is CCN(CC)c1ncc2c(n1)Nc1ccccc1O2.[HH]. The minimum atomic E-state index is 0. The Morgan fingerprint density at radius 3 is 2.79 bits per heavy atom. The molecule has 0 spiro atoms. The summed E-state index contributed by atoms with van der Waals surface area (Å²) in [5, 5.41) is 3.28. The first kappa shape index (κ1) is 11.8. The second-order valence-electron chi connectivity index (χ2n) is 4.28. The van der Waals surface area contributed by atoms with Gasteiger partial charge in [-0.2, -0.15) is 4.98 Å². The molecule has 0 fully saturated rings. The standard InChI is InChI=1S/C14H16N4O.H2/c1-3-18(4-2)14-15-9-12-13(17-14)16-10-7-5-6-8-11(10)19-12;/h5-9H,3-4H2,1-2H3,(H,15,16,17);1H. The second-order valence-corrected chi connectivity index (χ2v) is 4.28. The Labute approximate surface area is 113 Å². The second kappa shape index (κ2) is 4.76. The first-order chi connectivity index (χ1) is 9.31. The fraction of sp³-hybridized carbons (Fsp3) is 0.286. The van der Waals surface area contributed by atoms with E-state index in [-0.39, 0.29) is 1.43 Å². The van der Waals surface area contributed by atoms with Gasteiger partial charge in [-0.3, -0.25) is 0 Å². The predicted octanol–water partition coefficient (Wildman–Crippen LogP) is 3.42. The maximum atomic E-state index is 5.77. The molecule has 0 radical (unpaired) electrons. The van der Waals surface area contributed by atoms with Gasteiger partial charge in [0.15, 0.2) is 17.3 Å². The first-order valence-corrected chi connectivity index (χ1v) is 6.47. The van der Waals surface area contributed by atoms with Crippen LogP contribution in [0.5, 0.6) is 11.5 Å². The quantitative estimate of drug-likeness (QED) is 0.780. The Hall–Kier alpha value is -2.30. The van der Waals surface area contributed by atoms with Crippen molar-refractivity contribution in [2.45, 2.75) is 13.8 Å². The minimum absolute atomic E-state index is 0. The summed E-state index contributed by atoms with van der Waals surface area (Å²) >= 11 is 0. The van der Waals surface area contributed by atoms with Crippen molar-refractivity contribution in [2.24, 2.45) is 0 Å². The van der Waals surface area contributed by atoms with Gasteiger partial charge in [0.25, 0.3) is 0 Å². The molecule has 19 heavy (non-hydrogen) atoms. The van der Waals surface area contributed by atoms with Crippen molar-refractivity contribution in [3.8, 4) is 11.5 Å². The molecule has 0 unspecified atom stereocenters. The van der Waals surface area contributed by atoms with E-state index >= 15 is 0 Å². The van der Waals surface area contributed by atoms with Gasteiger partial charge in [-0.15, -0.1) is 0 Å².